The van der Waals surface area contributed by atoms with Crippen molar-refractivity contribution in [3.63, 3.8) is 0 Å². The first kappa shape index (κ1) is 18.7. The predicted molar refractivity (Wildman–Crippen MR) is 84.5 cm³/mol. The summed E-state index contributed by atoms with van der Waals surface area (Å²) in [5.41, 5.74) is -1.04. The number of rotatable bonds is 4. The molecule has 1 aromatic carbocycles. The third-order valence-corrected chi connectivity index (χ3v) is 4.75. The van der Waals surface area contributed by atoms with E-state index in [0.717, 1.165) is 6.07 Å². The smallest absolute Gasteiger partial charge is 0.478 e. The largest absolute Gasteiger partial charge is 0.495 e. The summed E-state index contributed by atoms with van der Waals surface area (Å²) in [5.74, 6) is -1.78. The van der Waals surface area contributed by atoms with Gasteiger partial charge in [0.25, 0.3) is 0 Å². The van der Waals surface area contributed by atoms with E-state index in [2.05, 4.69) is 4.18 Å². The van der Waals surface area contributed by atoms with Gasteiger partial charge in [-0.25, -0.2) is 4.79 Å². The zero-order chi connectivity index (χ0) is 18.5. The summed E-state index contributed by atoms with van der Waals surface area (Å²) < 4.78 is 50.1. The van der Waals surface area contributed by atoms with Crippen LogP contribution >= 0.6 is 0 Å². The molecule has 1 heterocycles. The molecule has 0 amide bonds. The molecular weight excluding hydrogens is 342 g/mol. The minimum atomic E-state index is -5.29. The van der Waals surface area contributed by atoms with Crippen LogP contribution in [0.4, 0.5) is 3.89 Å². The molecule has 7 nitrogen and oxygen atoms in total. The average molecular weight is 360 g/mol. The van der Waals surface area contributed by atoms with Gasteiger partial charge in [-0.3, -0.25) is 0 Å². The molecule has 1 N–H and O–H groups in total. The van der Waals surface area contributed by atoms with E-state index in [4.69, 9.17) is 9.31 Å². The van der Waals surface area contributed by atoms with E-state index in [-0.39, 0.29) is 11.0 Å². The molecule has 0 unspecified atom stereocenters. The Morgan fingerprint density at radius 2 is 1.71 bits per heavy atom. The summed E-state index contributed by atoms with van der Waals surface area (Å²) in [6.07, 6.45) is 0. The molecule has 0 aliphatic carbocycles. The van der Waals surface area contributed by atoms with Crippen LogP contribution in [0.2, 0.25) is 0 Å². The molecule has 2 rings (SSSR count). The van der Waals surface area contributed by atoms with E-state index in [1.54, 1.807) is 0 Å². The second-order valence-electron chi connectivity index (χ2n) is 6.55. The quantitative estimate of drug-likeness (QED) is 0.643. The molecule has 1 aliphatic rings. The summed E-state index contributed by atoms with van der Waals surface area (Å²) in [4.78, 5) is 11.4. The highest BCUT2D eigenvalue weighted by atomic mass is 32.3. The molecule has 1 saturated heterocycles. The maximum Gasteiger partial charge on any atom is 0.495 e. The molecule has 10 heteroatoms. The number of benzene rings is 1. The summed E-state index contributed by atoms with van der Waals surface area (Å²) in [5, 5.41) is 9.28. The van der Waals surface area contributed by atoms with E-state index in [1.165, 1.54) is 13.0 Å². The Labute approximate surface area is 140 Å². The molecular formula is C14H18BFO7S. The van der Waals surface area contributed by atoms with Gasteiger partial charge >= 0.3 is 23.6 Å². The normalized spacial score (nSPS) is 19.3. The number of carbonyl (C=O) groups is 1. The van der Waals surface area contributed by atoms with Crippen molar-refractivity contribution in [2.45, 2.75) is 45.8 Å². The Morgan fingerprint density at radius 1 is 1.21 bits per heavy atom. The van der Waals surface area contributed by atoms with Crippen LogP contribution in [-0.4, -0.2) is 37.8 Å². The molecule has 0 aromatic heterocycles. The zero-order valence-corrected chi connectivity index (χ0v) is 14.7. The topological polar surface area (TPSA) is 99.1 Å². The second kappa shape index (κ2) is 5.71. The van der Waals surface area contributed by atoms with Gasteiger partial charge in [-0.15, -0.1) is 0 Å². The molecule has 132 valence electrons. The lowest BCUT2D eigenvalue weighted by atomic mass is 9.75. The lowest BCUT2D eigenvalue weighted by Gasteiger charge is -2.32. The maximum absolute atomic E-state index is 12.8. The van der Waals surface area contributed by atoms with Gasteiger partial charge in [0.05, 0.1) is 16.8 Å². The standard InChI is InChI=1S/C14H18BFO7S/c1-8-10(12(17)18)6-9(21-24(16,19)20)7-11(8)15-22-13(2,3)14(4,5)23-15/h6-7H,1-5H3,(H,17,18). The molecule has 0 atom stereocenters. The number of halogens is 1. The Kier molecular flexibility index (Phi) is 4.45. The first-order chi connectivity index (χ1) is 10.7. The number of carboxylic acid groups (broad SMARTS) is 1. The van der Waals surface area contributed by atoms with Crippen LogP contribution in [0.1, 0.15) is 43.6 Å². The molecule has 0 saturated carbocycles. The Bertz CT molecular complexity index is 773. The fourth-order valence-electron chi connectivity index (χ4n) is 2.31. The SMILES string of the molecule is Cc1c(B2OC(C)(C)C(C)(C)O2)cc(OS(=O)(=O)F)cc1C(=O)O. The Morgan fingerprint density at radius 3 is 2.12 bits per heavy atom. The average Bonchev–Trinajstić information content (AvgIpc) is 2.58. The van der Waals surface area contributed by atoms with Gasteiger partial charge in [0.1, 0.15) is 5.75 Å². The van der Waals surface area contributed by atoms with Gasteiger partial charge in [-0.2, -0.15) is 8.42 Å². The van der Waals surface area contributed by atoms with Crippen molar-refractivity contribution in [1.82, 2.24) is 0 Å². The van der Waals surface area contributed by atoms with Gasteiger partial charge in [0.2, 0.25) is 0 Å². The van der Waals surface area contributed by atoms with Crippen LogP contribution in [0.25, 0.3) is 0 Å². The molecule has 0 radical (unpaired) electrons. The number of carboxylic acids is 1. The highest BCUT2D eigenvalue weighted by Gasteiger charge is 2.52. The van der Waals surface area contributed by atoms with Gasteiger partial charge in [-0.05, 0) is 57.8 Å². The van der Waals surface area contributed by atoms with Crippen LogP contribution in [0.15, 0.2) is 12.1 Å². The molecule has 24 heavy (non-hydrogen) atoms. The summed E-state index contributed by atoms with van der Waals surface area (Å²) in [6, 6.07) is 2.13. The van der Waals surface area contributed by atoms with Gasteiger partial charge in [0.15, 0.2) is 0 Å². The van der Waals surface area contributed by atoms with Crippen molar-refractivity contribution in [3.8, 4) is 5.75 Å². The van der Waals surface area contributed by atoms with E-state index in [9.17, 15) is 22.2 Å². The Hall–Kier alpha value is -1.65. The number of hydrogen-bond acceptors (Lipinski definition) is 6. The van der Waals surface area contributed by atoms with E-state index >= 15 is 0 Å². The van der Waals surface area contributed by atoms with Crippen LogP contribution in [-0.2, 0) is 19.8 Å². The predicted octanol–water partition coefficient (Wildman–Crippen LogP) is 1.59. The second-order valence-corrected chi connectivity index (χ2v) is 7.51. The fraction of sp³-hybridized carbons (Fsp3) is 0.500. The minimum absolute atomic E-state index is 0.235. The van der Waals surface area contributed by atoms with E-state index in [0.29, 0.717) is 5.56 Å². The highest BCUT2D eigenvalue weighted by molar-refractivity contribution is 7.81. The van der Waals surface area contributed by atoms with Crippen molar-refractivity contribution in [2.24, 2.45) is 0 Å². The van der Waals surface area contributed by atoms with Gasteiger partial charge < -0.3 is 18.6 Å². The summed E-state index contributed by atoms with van der Waals surface area (Å²) >= 11 is 0. The van der Waals surface area contributed by atoms with Crippen LogP contribution < -0.4 is 9.65 Å². The molecule has 1 aromatic rings. The van der Waals surface area contributed by atoms with Crippen molar-refractivity contribution in [3.05, 3.63) is 23.3 Å². The van der Waals surface area contributed by atoms with Crippen molar-refractivity contribution in [2.75, 3.05) is 0 Å². The number of hydrogen-bond donors (Lipinski definition) is 1. The molecule has 1 aliphatic heterocycles. The van der Waals surface area contributed by atoms with E-state index in [1.807, 2.05) is 27.7 Å². The van der Waals surface area contributed by atoms with Crippen molar-refractivity contribution < 1.29 is 35.7 Å². The van der Waals surface area contributed by atoms with Gasteiger partial charge in [0, 0.05) is 0 Å². The monoisotopic (exact) mass is 360 g/mol. The minimum Gasteiger partial charge on any atom is -0.478 e. The van der Waals surface area contributed by atoms with Crippen molar-refractivity contribution in [1.29, 1.82) is 0 Å². The lowest BCUT2D eigenvalue weighted by molar-refractivity contribution is 0.00578. The number of aromatic carboxylic acids is 1. The Balaban J connectivity index is 2.55. The molecule has 1 fully saturated rings. The van der Waals surface area contributed by atoms with Crippen LogP contribution in [0.3, 0.4) is 0 Å². The molecule has 0 spiro atoms. The first-order valence-corrected chi connectivity index (χ1v) is 8.42. The van der Waals surface area contributed by atoms with Crippen molar-refractivity contribution >= 4 is 29.1 Å². The van der Waals surface area contributed by atoms with E-state index < -0.39 is 40.5 Å². The summed E-state index contributed by atoms with van der Waals surface area (Å²) in [6.45, 7) is 8.77. The van der Waals surface area contributed by atoms with Gasteiger partial charge in [-0.1, -0.05) is 3.89 Å². The lowest BCUT2D eigenvalue weighted by Crippen LogP contribution is -2.41. The third kappa shape index (κ3) is 3.55. The fourth-order valence-corrected chi connectivity index (χ4v) is 2.64. The highest BCUT2D eigenvalue weighted by Crippen LogP contribution is 2.37. The first-order valence-electron chi connectivity index (χ1n) is 7.11. The maximum atomic E-state index is 12.8. The van der Waals surface area contributed by atoms with Crippen LogP contribution in [0.5, 0.6) is 5.75 Å². The molecule has 0 bridgehead atoms. The van der Waals surface area contributed by atoms with Crippen LogP contribution in [0, 0.1) is 6.92 Å². The third-order valence-electron chi connectivity index (χ3n) is 4.35. The zero-order valence-electron chi connectivity index (χ0n) is 13.9. The summed E-state index contributed by atoms with van der Waals surface area (Å²) in [7, 11) is -6.24.